The van der Waals surface area contributed by atoms with E-state index in [0.717, 1.165) is 25.7 Å². The van der Waals surface area contributed by atoms with Gasteiger partial charge < -0.3 is 15.2 Å². The van der Waals surface area contributed by atoms with E-state index in [-0.39, 0.29) is 17.9 Å². The van der Waals surface area contributed by atoms with Crippen LogP contribution >= 0.6 is 0 Å². The molecule has 0 atom stereocenters. The van der Waals surface area contributed by atoms with Crippen molar-refractivity contribution < 1.29 is 14.6 Å². The van der Waals surface area contributed by atoms with E-state index < -0.39 is 0 Å². The maximum atomic E-state index is 12.1. The quantitative estimate of drug-likeness (QED) is 0.842. The zero-order valence-electron chi connectivity index (χ0n) is 11.2. The third-order valence-corrected chi connectivity index (χ3v) is 3.83. The molecular formula is C14H20N2O3. The van der Waals surface area contributed by atoms with Gasteiger partial charge in [0.05, 0.1) is 13.7 Å². The molecule has 1 saturated carbocycles. The van der Waals surface area contributed by atoms with Crippen LogP contribution in [0.1, 0.15) is 36.0 Å². The van der Waals surface area contributed by atoms with Crippen LogP contribution in [0.3, 0.4) is 0 Å². The summed E-state index contributed by atoms with van der Waals surface area (Å²) in [7, 11) is 1.49. The fraction of sp³-hybridized carbons (Fsp3) is 0.571. The third-order valence-electron chi connectivity index (χ3n) is 3.83. The highest BCUT2D eigenvalue weighted by molar-refractivity contribution is 5.96. The van der Waals surface area contributed by atoms with Gasteiger partial charge >= 0.3 is 0 Å². The molecule has 104 valence electrons. The molecule has 0 bridgehead atoms. The van der Waals surface area contributed by atoms with E-state index in [1.807, 2.05) is 0 Å². The Kier molecular flexibility index (Phi) is 4.37. The summed E-state index contributed by atoms with van der Waals surface area (Å²) in [4.78, 5) is 16.1. The van der Waals surface area contributed by atoms with E-state index in [1.165, 1.54) is 7.11 Å². The van der Waals surface area contributed by atoms with E-state index in [4.69, 9.17) is 4.74 Å². The molecule has 1 heterocycles. The Labute approximate surface area is 113 Å². The molecule has 0 radical (unpaired) electrons. The van der Waals surface area contributed by atoms with Crippen molar-refractivity contribution in [1.82, 2.24) is 10.3 Å². The summed E-state index contributed by atoms with van der Waals surface area (Å²) in [5.41, 5.74) is 0.279. The second-order valence-electron chi connectivity index (χ2n) is 5.11. The van der Waals surface area contributed by atoms with Gasteiger partial charge in [0.15, 0.2) is 0 Å². The Balaban J connectivity index is 2.01. The van der Waals surface area contributed by atoms with Gasteiger partial charge in [0.25, 0.3) is 5.91 Å². The van der Waals surface area contributed by atoms with Crippen molar-refractivity contribution >= 4 is 5.91 Å². The van der Waals surface area contributed by atoms with Crippen molar-refractivity contribution in [3.63, 3.8) is 0 Å². The highest BCUT2D eigenvalue weighted by Crippen LogP contribution is 2.36. The van der Waals surface area contributed by atoms with Crippen LogP contribution in [0, 0.1) is 5.41 Å². The number of methoxy groups -OCH3 is 1. The molecule has 1 aliphatic rings. The second-order valence-corrected chi connectivity index (χ2v) is 5.11. The van der Waals surface area contributed by atoms with Gasteiger partial charge in [-0.2, -0.15) is 0 Å². The highest BCUT2D eigenvalue weighted by atomic mass is 16.5. The standard InChI is InChI=1S/C14H20N2O3/c1-19-13-11(5-4-8-15-13)12(18)16-9-14(10-17)6-2-3-7-14/h4-5,8,17H,2-3,6-7,9-10H2,1H3,(H,16,18). The topological polar surface area (TPSA) is 71.5 Å². The minimum absolute atomic E-state index is 0.122. The van der Waals surface area contributed by atoms with Gasteiger partial charge in [-0.1, -0.05) is 12.8 Å². The number of ether oxygens (including phenoxy) is 1. The van der Waals surface area contributed by atoms with Crippen LogP contribution < -0.4 is 10.1 Å². The number of hydrogen-bond acceptors (Lipinski definition) is 4. The number of hydrogen-bond donors (Lipinski definition) is 2. The van der Waals surface area contributed by atoms with Crippen LogP contribution in [-0.4, -0.2) is 36.3 Å². The first-order valence-electron chi connectivity index (χ1n) is 6.59. The number of nitrogens with one attached hydrogen (secondary N) is 1. The molecule has 19 heavy (non-hydrogen) atoms. The lowest BCUT2D eigenvalue weighted by Gasteiger charge is -2.26. The molecule has 1 aromatic heterocycles. The molecule has 5 nitrogen and oxygen atoms in total. The Morgan fingerprint density at radius 1 is 1.53 bits per heavy atom. The molecule has 1 fully saturated rings. The first-order valence-corrected chi connectivity index (χ1v) is 6.59. The number of aliphatic hydroxyl groups excluding tert-OH is 1. The van der Waals surface area contributed by atoms with Crippen molar-refractivity contribution in [3.05, 3.63) is 23.9 Å². The molecular weight excluding hydrogens is 244 g/mol. The van der Waals surface area contributed by atoms with Gasteiger partial charge in [0, 0.05) is 18.2 Å². The summed E-state index contributed by atoms with van der Waals surface area (Å²) in [5, 5.41) is 12.4. The second kappa shape index (κ2) is 6.02. The average molecular weight is 264 g/mol. The van der Waals surface area contributed by atoms with Crippen LogP contribution in [0.5, 0.6) is 5.88 Å². The van der Waals surface area contributed by atoms with E-state index in [1.54, 1.807) is 18.3 Å². The fourth-order valence-corrected chi connectivity index (χ4v) is 2.61. The van der Waals surface area contributed by atoms with Gasteiger partial charge in [-0.05, 0) is 25.0 Å². The van der Waals surface area contributed by atoms with Crippen molar-refractivity contribution in [3.8, 4) is 5.88 Å². The predicted octanol–water partition coefficient (Wildman–Crippen LogP) is 1.37. The summed E-state index contributed by atoms with van der Waals surface area (Å²) in [6, 6.07) is 3.39. The highest BCUT2D eigenvalue weighted by Gasteiger charge is 2.33. The van der Waals surface area contributed by atoms with E-state index in [0.29, 0.717) is 18.0 Å². The first kappa shape index (κ1) is 13.8. The van der Waals surface area contributed by atoms with Gasteiger partial charge in [-0.15, -0.1) is 0 Å². The molecule has 5 heteroatoms. The summed E-state index contributed by atoms with van der Waals surface area (Å²) < 4.78 is 5.07. The molecule has 1 aliphatic carbocycles. The number of amides is 1. The van der Waals surface area contributed by atoms with Crippen molar-refractivity contribution in [1.29, 1.82) is 0 Å². The predicted molar refractivity (Wildman–Crippen MR) is 71.1 cm³/mol. The normalized spacial score (nSPS) is 17.2. The number of carbonyl (C=O) groups is 1. The van der Waals surface area contributed by atoms with Crippen molar-refractivity contribution in [2.75, 3.05) is 20.3 Å². The van der Waals surface area contributed by atoms with Gasteiger partial charge in [-0.25, -0.2) is 4.98 Å². The Morgan fingerprint density at radius 2 is 2.26 bits per heavy atom. The Bertz CT molecular complexity index is 442. The Hall–Kier alpha value is -1.62. The maximum Gasteiger partial charge on any atom is 0.256 e. The van der Waals surface area contributed by atoms with Gasteiger partial charge in [0.2, 0.25) is 5.88 Å². The lowest BCUT2D eigenvalue weighted by molar-refractivity contribution is 0.0877. The van der Waals surface area contributed by atoms with Gasteiger partial charge in [0.1, 0.15) is 5.56 Å². The molecule has 2 N–H and O–H groups in total. The van der Waals surface area contributed by atoms with Crippen LogP contribution in [0.25, 0.3) is 0 Å². The summed E-state index contributed by atoms with van der Waals surface area (Å²) in [5.74, 6) is 0.120. The largest absolute Gasteiger partial charge is 0.480 e. The summed E-state index contributed by atoms with van der Waals surface area (Å²) >= 11 is 0. The maximum absolute atomic E-state index is 12.1. The molecule has 1 amide bonds. The third kappa shape index (κ3) is 3.04. The zero-order chi connectivity index (χ0) is 13.7. The van der Waals surface area contributed by atoms with E-state index >= 15 is 0 Å². The average Bonchev–Trinajstić information content (AvgIpc) is 2.94. The first-order chi connectivity index (χ1) is 9.21. The SMILES string of the molecule is COc1ncccc1C(=O)NCC1(CO)CCCC1. The zero-order valence-corrected chi connectivity index (χ0v) is 11.2. The molecule has 0 unspecified atom stereocenters. The minimum Gasteiger partial charge on any atom is -0.480 e. The molecule has 0 aromatic carbocycles. The lowest BCUT2D eigenvalue weighted by Crippen LogP contribution is -2.38. The molecule has 0 aliphatic heterocycles. The van der Waals surface area contributed by atoms with E-state index in [2.05, 4.69) is 10.3 Å². The van der Waals surface area contributed by atoms with Crippen LogP contribution in [0.4, 0.5) is 0 Å². The van der Waals surface area contributed by atoms with E-state index in [9.17, 15) is 9.90 Å². The molecule has 1 aromatic rings. The van der Waals surface area contributed by atoms with Crippen LogP contribution in [0.15, 0.2) is 18.3 Å². The fourth-order valence-electron chi connectivity index (χ4n) is 2.61. The van der Waals surface area contributed by atoms with Crippen molar-refractivity contribution in [2.24, 2.45) is 5.41 Å². The van der Waals surface area contributed by atoms with Crippen molar-refractivity contribution in [2.45, 2.75) is 25.7 Å². The summed E-state index contributed by atoms with van der Waals surface area (Å²) in [6.07, 6.45) is 5.75. The summed E-state index contributed by atoms with van der Waals surface area (Å²) in [6.45, 7) is 0.623. The van der Waals surface area contributed by atoms with Crippen LogP contribution in [-0.2, 0) is 0 Å². The molecule has 0 saturated heterocycles. The van der Waals surface area contributed by atoms with Gasteiger partial charge in [-0.3, -0.25) is 4.79 Å². The molecule has 2 rings (SSSR count). The van der Waals surface area contributed by atoms with Crippen LogP contribution in [0.2, 0.25) is 0 Å². The number of rotatable bonds is 5. The smallest absolute Gasteiger partial charge is 0.256 e. The minimum atomic E-state index is -0.204. The monoisotopic (exact) mass is 264 g/mol. The number of carbonyl (C=O) groups excluding carboxylic acids is 1. The lowest BCUT2D eigenvalue weighted by atomic mass is 9.87. The molecule has 0 spiro atoms. The number of aromatic nitrogens is 1. The number of pyridine rings is 1. The number of nitrogens with zero attached hydrogens (tertiary/aromatic N) is 1. The number of aliphatic hydroxyl groups is 1. The Morgan fingerprint density at radius 3 is 2.89 bits per heavy atom.